The van der Waals surface area contributed by atoms with Crippen LogP contribution in [-0.2, 0) is 0 Å². The number of halogens is 1. The molecule has 0 N–H and O–H groups in total. The summed E-state index contributed by atoms with van der Waals surface area (Å²) in [4.78, 5) is 0. The normalized spacial score (nSPS) is 14.7. The van der Waals surface area contributed by atoms with Crippen molar-refractivity contribution in [2.45, 2.75) is 39.3 Å². The maximum absolute atomic E-state index is 3.40. The predicted molar refractivity (Wildman–Crippen MR) is 70.4 cm³/mol. The van der Waals surface area contributed by atoms with Crippen molar-refractivity contribution in [1.29, 1.82) is 0 Å². The van der Waals surface area contributed by atoms with Crippen molar-refractivity contribution >= 4 is 45.5 Å². The topological polar surface area (TPSA) is 3.24 Å². The Morgan fingerprint density at radius 1 is 1.00 bits per heavy atom. The highest BCUT2D eigenvalue weighted by Crippen LogP contribution is 2.27. The average Bonchev–Trinajstić information content (AvgIpc) is 1.77. The van der Waals surface area contributed by atoms with E-state index in [0.29, 0.717) is 0 Å². The Hall–Kier alpha value is 1.04. The van der Waals surface area contributed by atoms with Gasteiger partial charge in [-0.05, 0) is 8.35 Å². The van der Waals surface area contributed by atoms with Gasteiger partial charge in [-0.2, -0.15) is 0 Å². The van der Waals surface area contributed by atoms with Crippen molar-refractivity contribution in [3.63, 3.8) is 0 Å². The molecule has 0 amide bonds. The van der Waals surface area contributed by atoms with Crippen LogP contribution < -0.4 is 0 Å². The predicted octanol–water partition coefficient (Wildman–Crippen LogP) is 3.97. The number of nitrogens with zero attached hydrogens (tertiary/aromatic N) is 1. The van der Waals surface area contributed by atoms with Crippen LogP contribution in [0.5, 0.6) is 0 Å². The quantitative estimate of drug-likeness (QED) is 0.560. The highest BCUT2D eigenvalue weighted by molar-refractivity contribution is 9.18. The number of hydrogen-bond acceptors (Lipinski definition) is 1. The van der Waals surface area contributed by atoms with Crippen LogP contribution in [0.1, 0.15) is 0 Å². The third-order valence-electron chi connectivity index (χ3n) is 1.43. The van der Waals surface area contributed by atoms with Gasteiger partial charge in [-0.1, -0.05) is 55.2 Å². The molecule has 0 aliphatic carbocycles. The van der Waals surface area contributed by atoms with E-state index in [0.717, 1.165) is 0 Å². The van der Waals surface area contributed by atoms with Crippen LogP contribution in [0.25, 0.3) is 0 Å². The Balaban J connectivity index is 4.69. The second-order valence-corrected chi connectivity index (χ2v) is 17.7. The van der Waals surface area contributed by atoms with Crippen LogP contribution in [0.4, 0.5) is 0 Å². The lowest BCUT2D eigenvalue weighted by atomic mass is 11.8. The molecule has 0 bridgehead atoms. The third-order valence-corrected chi connectivity index (χ3v) is 13.2. The van der Waals surface area contributed by atoms with E-state index in [-0.39, 0.29) is 0 Å². The highest BCUT2D eigenvalue weighted by Gasteiger charge is 2.32. The van der Waals surface area contributed by atoms with E-state index in [2.05, 4.69) is 63.9 Å². The molecule has 12 heavy (non-hydrogen) atoms. The molecule has 0 radical (unpaired) electrons. The van der Waals surface area contributed by atoms with E-state index in [1.54, 1.807) is 0 Å². The first-order valence-electron chi connectivity index (χ1n) is 4.12. The van der Waals surface area contributed by atoms with Crippen LogP contribution in [0.2, 0.25) is 39.3 Å². The van der Waals surface area contributed by atoms with E-state index in [1.807, 2.05) is 0 Å². The van der Waals surface area contributed by atoms with Crippen molar-refractivity contribution in [1.82, 2.24) is 4.00 Å². The molecule has 1 nitrogen and oxygen atoms in total. The van der Waals surface area contributed by atoms with E-state index >= 15 is 0 Å². The summed E-state index contributed by atoms with van der Waals surface area (Å²) in [6.45, 7) is 14.5. The largest absolute Gasteiger partial charge is 0.299 e. The maximum atomic E-state index is 3.40. The summed E-state index contributed by atoms with van der Waals surface area (Å²) >= 11 is 3.40. The fraction of sp³-hybridized carbons (Fsp3) is 0.857. The fourth-order valence-electron chi connectivity index (χ4n) is 1.40. The van der Waals surface area contributed by atoms with Gasteiger partial charge in [0, 0.05) is 4.71 Å². The second-order valence-electron chi connectivity index (χ2n) is 4.87. The first-order chi connectivity index (χ1) is 5.19. The lowest BCUT2D eigenvalue weighted by Crippen LogP contribution is -2.53. The molecule has 0 saturated carbocycles. The van der Waals surface area contributed by atoms with Crippen molar-refractivity contribution in [2.75, 3.05) is 0 Å². The summed E-state index contributed by atoms with van der Waals surface area (Å²) in [5, 5.41) is 0. The molecule has 0 aromatic heterocycles. The molecule has 0 spiro atoms. The average molecular weight is 284 g/mol. The molecule has 0 heterocycles. The Labute approximate surface area is 88.7 Å². The van der Waals surface area contributed by atoms with Gasteiger partial charge in [-0.3, -0.25) is 4.00 Å². The van der Waals surface area contributed by atoms with Gasteiger partial charge in [0.2, 0.25) is 0 Å². The van der Waals surface area contributed by atoms with Crippen molar-refractivity contribution in [2.24, 2.45) is 0 Å². The first kappa shape index (κ1) is 13.0. The zero-order valence-electron chi connectivity index (χ0n) is 8.85. The van der Waals surface area contributed by atoms with Crippen LogP contribution in [0, 0.1) is 0 Å². The van der Waals surface area contributed by atoms with Crippen LogP contribution in [0.3, 0.4) is 0 Å². The molecule has 0 saturated heterocycles. The molecule has 0 aliphatic heterocycles. The Kier molecular flexibility index (Phi) is 4.90. The minimum absolute atomic E-state index is 1.12. The lowest BCUT2D eigenvalue weighted by Gasteiger charge is -2.39. The number of rotatable bonds is 3. The summed E-state index contributed by atoms with van der Waals surface area (Å²) < 4.78 is 4.78. The van der Waals surface area contributed by atoms with Gasteiger partial charge in [-0.15, -0.1) is 0 Å². The van der Waals surface area contributed by atoms with Gasteiger partial charge in [-0.25, -0.2) is 0 Å². The van der Waals surface area contributed by atoms with E-state index in [9.17, 15) is 0 Å². The van der Waals surface area contributed by atoms with Crippen LogP contribution >= 0.6 is 24.3 Å². The Bertz CT molecular complexity index is 157. The molecule has 0 aromatic carbocycles. The lowest BCUT2D eigenvalue weighted by molar-refractivity contribution is 0.999. The molecule has 0 atom stereocenters. The summed E-state index contributed by atoms with van der Waals surface area (Å²) in [6, 6.07) is 0. The van der Waals surface area contributed by atoms with Gasteiger partial charge in [0.15, 0.2) is 0 Å². The molecule has 72 valence electrons. The van der Waals surface area contributed by atoms with Crippen LogP contribution in [0.15, 0.2) is 0 Å². The van der Waals surface area contributed by atoms with E-state index < -0.39 is 16.5 Å². The molecule has 0 aliphatic rings. The van der Waals surface area contributed by atoms with Gasteiger partial charge in [0.1, 0.15) is 16.5 Å². The molecular formula is C7H19BrNPSi2. The summed E-state index contributed by atoms with van der Waals surface area (Å²) in [5.74, 6) is 0. The fourth-order valence-corrected chi connectivity index (χ4v) is 14.2. The van der Waals surface area contributed by atoms with Gasteiger partial charge < -0.3 is 0 Å². The van der Waals surface area contributed by atoms with E-state index in [4.69, 9.17) is 0 Å². The smallest absolute Gasteiger partial charge is 0.120 e. The minimum atomic E-state index is -1.12. The van der Waals surface area contributed by atoms with Crippen molar-refractivity contribution in [3.8, 4) is 0 Å². The van der Waals surface area contributed by atoms with Gasteiger partial charge >= 0.3 is 0 Å². The molecule has 0 fully saturated rings. The van der Waals surface area contributed by atoms with Crippen LogP contribution in [-0.4, -0.2) is 25.2 Å². The third kappa shape index (κ3) is 4.33. The summed E-state index contributed by atoms with van der Waals surface area (Å²) in [7, 11) is -0.895. The van der Waals surface area contributed by atoms with Crippen molar-refractivity contribution < 1.29 is 0 Å². The second kappa shape index (κ2) is 4.51. The summed E-state index contributed by atoms with van der Waals surface area (Å²) in [5.41, 5.74) is 0. The maximum Gasteiger partial charge on any atom is 0.120 e. The standard InChI is InChI=1S/C7H19BrNPSi2/c1-11(2,3)9(10-7-8)12(4,5)6/h7H,1-6H3. The molecule has 0 aromatic rings. The Morgan fingerprint density at radius 3 is 1.42 bits per heavy atom. The zero-order chi connectivity index (χ0) is 9.99. The highest BCUT2D eigenvalue weighted by atomic mass is 79.9. The SMILES string of the molecule is C[Si](C)(C)N(P=CBr)[Si](C)(C)C. The van der Waals surface area contributed by atoms with Gasteiger partial charge in [0.25, 0.3) is 0 Å². The molecule has 0 unspecified atom stereocenters. The summed E-state index contributed by atoms with van der Waals surface area (Å²) in [6.07, 6.45) is 0. The van der Waals surface area contributed by atoms with E-state index in [1.165, 1.54) is 8.35 Å². The van der Waals surface area contributed by atoms with Gasteiger partial charge in [0.05, 0.1) is 0 Å². The molecule has 0 rings (SSSR count). The monoisotopic (exact) mass is 283 g/mol. The Morgan fingerprint density at radius 2 is 1.33 bits per heavy atom. The molecular weight excluding hydrogens is 265 g/mol. The minimum Gasteiger partial charge on any atom is -0.299 e. The number of hydrogen-bond donors (Lipinski definition) is 0. The van der Waals surface area contributed by atoms with Crippen molar-refractivity contribution in [3.05, 3.63) is 0 Å². The molecule has 5 heteroatoms. The first-order valence-corrected chi connectivity index (χ1v) is 12.9. The zero-order valence-corrected chi connectivity index (χ0v) is 13.3.